The van der Waals surface area contributed by atoms with Crippen LogP contribution in [0, 0.1) is 5.92 Å². The first-order chi connectivity index (χ1) is 8.58. The van der Waals surface area contributed by atoms with E-state index in [4.69, 9.17) is 28.9 Å². The summed E-state index contributed by atoms with van der Waals surface area (Å²) in [6.45, 7) is 0. The van der Waals surface area contributed by atoms with Crippen molar-refractivity contribution in [3.05, 3.63) is 28.2 Å². The lowest BCUT2D eigenvalue weighted by Gasteiger charge is -2.18. The topological polar surface area (TPSA) is 43.1 Å². The fourth-order valence-corrected chi connectivity index (χ4v) is 4.40. The molecule has 2 atom stereocenters. The molecule has 2 N–H and O–H groups in total. The lowest BCUT2D eigenvalue weighted by atomic mass is 10.0. The second-order valence-corrected chi connectivity index (χ2v) is 7.10. The molecule has 0 aliphatic heterocycles. The van der Waals surface area contributed by atoms with E-state index < -0.39 is 10.8 Å². The summed E-state index contributed by atoms with van der Waals surface area (Å²) in [5.74, 6) is 0.969. The van der Waals surface area contributed by atoms with Gasteiger partial charge in [0, 0.05) is 16.8 Å². The van der Waals surface area contributed by atoms with Crippen LogP contribution < -0.4 is 5.73 Å². The van der Waals surface area contributed by atoms with Crippen LogP contribution in [0.5, 0.6) is 0 Å². The van der Waals surface area contributed by atoms with E-state index in [9.17, 15) is 4.21 Å². The van der Waals surface area contributed by atoms with Gasteiger partial charge in [0.05, 0.1) is 20.7 Å². The van der Waals surface area contributed by atoms with Crippen LogP contribution in [0.4, 0.5) is 0 Å². The molecule has 0 heterocycles. The number of rotatable bonds is 4. The van der Waals surface area contributed by atoms with E-state index in [1.54, 1.807) is 18.2 Å². The molecule has 2 unspecified atom stereocenters. The predicted molar refractivity (Wildman–Crippen MR) is 77.7 cm³/mol. The van der Waals surface area contributed by atoms with Gasteiger partial charge < -0.3 is 5.73 Å². The van der Waals surface area contributed by atoms with Crippen LogP contribution >= 0.6 is 23.2 Å². The van der Waals surface area contributed by atoms with Crippen molar-refractivity contribution in [2.45, 2.75) is 36.6 Å². The third-order valence-corrected chi connectivity index (χ3v) is 5.68. The highest BCUT2D eigenvalue weighted by molar-refractivity contribution is 7.85. The molecule has 100 valence electrons. The van der Waals surface area contributed by atoms with E-state index in [0.29, 0.717) is 26.6 Å². The van der Waals surface area contributed by atoms with Gasteiger partial charge in [-0.2, -0.15) is 0 Å². The SMILES string of the molecule is NC(CS(=O)c1cc(Cl)ccc1Cl)C1CCCC1. The molecule has 0 spiro atoms. The average molecular weight is 306 g/mol. The molecule has 2 nitrogen and oxygen atoms in total. The first-order valence-electron chi connectivity index (χ1n) is 6.17. The summed E-state index contributed by atoms with van der Waals surface area (Å²) in [7, 11) is -1.17. The van der Waals surface area contributed by atoms with E-state index in [2.05, 4.69) is 0 Å². The van der Waals surface area contributed by atoms with Crippen LogP contribution in [-0.2, 0) is 10.8 Å². The van der Waals surface area contributed by atoms with E-state index in [0.717, 1.165) is 12.8 Å². The minimum atomic E-state index is -1.17. The number of nitrogens with two attached hydrogens (primary N) is 1. The number of benzene rings is 1. The second-order valence-electron chi connectivity index (χ2n) is 4.80. The fraction of sp³-hybridized carbons (Fsp3) is 0.538. The van der Waals surface area contributed by atoms with Gasteiger partial charge in [-0.25, -0.2) is 0 Å². The molecule has 1 fully saturated rings. The van der Waals surface area contributed by atoms with Gasteiger partial charge in [-0.3, -0.25) is 4.21 Å². The standard InChI is InChI=1S/C13H17Cl2NOS/c14-10-5-6-11(15)13(7-10)18(17)8-12(16)9-3-1-2-4-9/h5-7,9,12H,1-4,8,16H2. The third-order valence-electron chi connectivity index (χ3n) is 3.49. The van der Waals surface area contributed by atoms with Gasteiger partial charge in [0.1, 0.15) is 0 Å². The Morgan fingerprint density at radius 1 is 1.33 bits per heavy atom. The van der Waals surface area contributed by atoms with Crippen molar-refractivity contribution in [1.82, 2.24) is 0 Å². The van der Waals surface area contributed by atoms with Crippen molar-refractivity contribution in [1.29, 1.82) is 0 Å². The van der Waals surface area contributed by atoms with Crippen molar-refractivity contribution in [2.75, 3.05) is 5.75 Å². The first kappa shape index (κ1) is 14.3. The molecule has 2 rings (SSSR count). The van der Waals surface area contributed by atoms with Crippen LogP contribution in [0.25, 0.3) is 0 Å². The van der Waals surface area contributed by atoms with E-state index in [1.165, 1.54) is 12.8 Å². The predicted octanol–water partition coefficient (Wildman–Crippen LogP) is 3.62. The summed E-state index contributed by atoms with van der Waals surface area (Å²) in [6.07, 6.45) is 4.79. The Hall–Kier alpha value is -0.0900. The van der Waals surface area contributed by atoms with E-state index >= 15 is 0 Å². The van der Waals surface area contributed by atoms with Crippen molar-refractivity contribution in [2.24, 2.45) is 11.7 Å². The first-order valence-corrected chi connectivity index (χ1v) is 8.24. The molecule has 0 bridgehead atoms. The van der Waals surface area contributed by atoms with Crippen LogP contribution in [0.15, 0.2) is 23.1 Å². The highest BCUT2D eigenvalue weighted by atomic mass is 35.5. The van der Waals surface area contributed by atoms with Crippen molar-refractivity contribution in [3.8, 4) is 0 Å². The molecule has 0 radical (unpaired) electrons. The molecular formula is C13H17Cl2NOS. The lowest BCUT2D eigenvalue weighted by molar-refractivity contribution is 0.460. The van der Waals surface area contributed by atoms with Gasteiger partial charge >= 0.3 is 0 Å². The number of hydrogen-bond acceptors (Lipinski definition) is 2. The molecule has 1 aromatic carbocycles. The lowest BCUT2D eigenvalue weighted by Crippen LogP contribution is -2.34. The van der Waals surface area contributed by atoms with Gasteiger partial charge in [0.25, 0.3) is 0 Å². The largest absolute Gasteiger partial charge is 0.327 e. The molecule has 0 saturated heterocycles. The highest BCUT2D eigenvalue weighted by Crippen LogP contribution is 2.29. The Kier molecular flexibility index (Phi) is 5.07. The molecule has 18 heavy (non-hydrogen) atoms. The van der Waals surface area contributed by atoms with Gasteiger partial charge in [-0.15, -0.1) is 0 Å². The molecule has 1 aliphatic rings. The van der Waals surface area contributed by atoms with Gasteiger partial charge in [0.15, 0.2) is 0 Å². The maximum Gasteiger partial charge on any atom is 0.0589 e. The summed E-state index contributed by atoms with van der Waals surface area (Å²) in [5.41, 5.74) is 6.14. The minimum absolute atomic E-state index is 0.0108. The third kappa shape index (κ3) is 3.47. The maximum atomic E-state index is 12.3. The molecule has 5 heteroatoms. The monoisotopic (exact) mass is 305 g/mol. The minimum Gasteiger partial charge on any atom is -0.327 e. The Morgan fingerprint density at radius 2 is 2.00 bits per heavy atom. The fourth-order valence-electron chi connectivity index (χ4n) is 2.44. The summed E-state index contributed by atoms with van der Waals surface area (Å²) in [4.78, 5) is 0.595. The van der Waals surface area contributed by atoms with Crippen molar-refractivity contribution in [3.63, 3.8) is 0 Å². The average Bonchev–Trinajstić information content (AvgIpc) is 2.85. The molecule has 0 aromatic heterocycles. The normalized spacial score (nSPS) is 19.9. The van der Waals surface area contributed by atoms with Gasteiger partial charge in [-0.05, 0) is 37.0 Å². The zero-order valence-electron chi connectivity index (χ0n) is 10.1. The van der Waals surface area contributed by atoms with Gasteiger partial charge in [-0.1, -0.05) is 36.0 Å². The highest BCUT2D eigenvalue weighted by Gasteiger charge is 2.24. The molecule has 1 aromatic rings. The van der Waals surface area contributed by atoms with E-state index in [-0.39, 0.29) is 6.04 Å². The van der Waals surface area contributed by atoms with Crippen LogP contribution in [0.1, 0.15) is 25.7 Å². The Bertz CT molecular complexity index is 447. The molecule has 1 saturated carbocycles. The summed E-state index contributed by atoms with van der Waals surface area (Å²) >= 11 is 11.9. The Balaban J connectivity index is 2.04. The number of halogens is 2. The zero-order chi connectivity index (χ0) is 13.1. The summed E-state index contributed by atoms with van der Waals surface area (Å²) < 4.78 is 12.3. The molecule has 1 aliphatic carbocycles. The van der Waals surface area contributed by atoms with Crippen LogP contribution in [-0.4, -0.2) is 16.0 Å². The molecular weight excluding hydrogens is 289 g/mol. The zero-order valence-corrected chi connectivity index (χ0v) is 12.4. The molecule has 0 amide bonds. The van der Waals surface area contributed by atoms with Gasteiger partial charge in [0.2, 0.25) is 0 Å². The smallest absolute Gasteiger partial charge is 0.0589 e. The Morgan fingerprint density at radius 3 is 2.67 bits per heavy atom. The number of hydrogen-bond donors (Lipinski definition) is 1. The quantitative estimate of drug-likeness (QED) is 0.923. The maximum absolute atomic E-state index is 12.3. The van der Waals surface area contributed by atoms with Crippen molar-refractivity contribution >= 4 is 34.0 Å². The summed E-state index contributed by atoms with van der Waals surface area (Å²) in [6, 6.07) is 5.03. The van der Waals surface area contributed by atoms with Crippen LogP contribution in [0.3, 0.4) is 0 Å². The second kappa shape index (κ2) is 6.38. The summed E-state index contributed by atoms with van der Waals surface area (Å²) in [5, 5.41) is 1.05. The van der Waals surface area contributed by atoms with E-state index in [1.807, 2.05) is 0 Å². The van der Waals surface area contributed by atoms with Crippen molar-refractivity contribution < 1.29 is 4.21 Å². The Labute approximate surface area is 120 Å². The van der Waals surface area contributed by atoms with Crippen LogP contribution in [0.2, 0.25) is 10.0 Å².